The Labute approximate surface area is 94.3 Å². The first-order chi connectivity index (χ1) is 7.26. The van der Waals surface area contributed by atoms with Crippen molar-refractivity contribution in [2.24, 2.45) is 0 Å². The van der Waals surface area contributed by atoms with Crippen LogP contribution in [0.2, 0.25) is 0 Å². The number of hydrogen-bond donors (Lipinski definition) is 0. The van der Waals surface area contributed by atoms with Gasteiger partial charge in [-0.2, -0.15) is 0 Å². The molecule has 0 aromatic carbocycles. The Hall–Kier alpha value is -0.600. The summed E-state index contributed by atoms with van der Waals surface area (Å²) in [6.45, 7) is 10.2. The molecule has 0 N–H and O–H groups in total. The Morgan fingerprint density at radius 2 is 1.93 bits per heavy atom. The zero-order valence-corrected chi connectivity index (χ0v) is 10.4. The number of allylic oxidation sites excluding steroid dienone is 2. The Bertz CT molecular complexity index is 231. The van der Waals surface area contributed by atoms with Crippen LogP contribution >= 0.6 is 0 Å². The minimum absolute atomic E-state index is 1.11. The molecule has 1 aliphatic heterocycles. The number of likely N-dealkylation sites (N-methyl/N-ethyl adjacent to an activating group) is 1. The van der Waals surface area contributed by atoms with Crippen LogP contribution < -0.4 is 0 Å². The molecule has 0 atom stereocenters. The summed E-state index contributed by atoms with van der Waals surface area (Å²) >= 11 is 0. The minimum atomic E-state index is 1.11. The van der Waals surface area contributed by atoms with E-state index in [4.69, 9.17) is 0 Å². The van der Waals surface area contributed by atoms with E-state index >= 15 is 0 Å². The monoisotopic (exact) mass is 208 g/mol. The number of nitrogens with zero attached hydrogens (tertiary/aromatic N) is 2. The van der Waals surface area contributed by atoms with E-state index in [0.29, 0.717) is 0 Å². The summed E-state index contributed by atoms with van der Waals surface area (Å²) in [5.74, 6) is 0. The molecule has 0 aliphatic carbocycles. The number of hydrogen-bond acceptors (Lipinski definition) is 2. The third-order valence-electron chi connectivity index (χ3n) is 2.97. The van der Waals surface area contributed by atoms with Crippen molar-refractivity contribution in [3.63, 3.8) is 0 Å². The maximum atomic E-state index is 2.55. The van der Waals surface area contributed by atoms with Crippen molar-refractivity contribution in [3.8, 4) is 0 Å². The molecule has 86 valence electrons. The van der Waals surface area contributed by atoms with Gasteiger partial charge in [0.25, 0.3) is 0 Å². The van der Waals surface area contributed by atoms with E-state index < -0.39 is 0 Å². The van der Waals surface area contributed by atoms with Gasteiger partial charge >= 0.3 is 0 Å². The van der Waals surface area contributed by atoms with E-state index in [0.717, 1.165) is 6.54 Å². The van der Waals surface area contributed by atoms with E-state index in [1.165, 1.54) is 38.2 Å². The van der Waals surface area contributed by atoms with Gasteiger partial charge in [-0.1, -0.05) is 18.2 Å². The quantitative estimate of drug-likeness (QED) is 0.656. The standard InChI is InChI=1S/C13H24N2/c1-4-7-13(5-2)12-15-9-6-8-14(3)10-11-15/h4-5,7H,6,8-12H2,1-3H3. The lowest BCUT2D eigenvalue weighted by Crippen LogP contribution is -2.30. The van der Waals surface area contributed by atoms with E-state index in [9.17, 15) is 0 Å². The van der Waals surface area contributed by atoms with Gasteiger partial charge < -0.3 is 4.90 Å². The lowest BCUT2D eigenvalue weighted by atomic mass is 10.2. The Kier molecular flexibility index (Phi) is 5.66. The van der Waals surface area contributed by atoms with E-state index in [-0.39, 0.29) is 0 Å². The van der Waals surface area contributed by atoms with Crippen molar-refractivity contribution >= 4 is 0 Å². The molecular formula is C13H24N2. The molecule has 2 nitrogen and oxygen atoms in total. The largest absolute Gasteiger partial charge is 0.305 e. The van der Waals surface area contributed by atoms with Crippen LogP contribution in [0.4, 0.5) is 0 Å². The molecule has 0 saturated carbocycles. The molecule has 0 bridgehead atoms. The molecule has 0 radical (unpaired) electrons. The highest BCUT2D eigenvalue weighted by Crippen LogP contribution is 2.06. The fraction of sp³-hybridized carbons (Fsp3) is 0.692. The first kappa shape index (κ1) is 12.5. The van der Waals surface area contributed by atoms with E-state index in [2.05, 4.69) is 48.9 Å². The maximum Gasteiger partial charge on any atom is 0.0230 e. The van der Waals surface area contributed by atoms with Gasteiger partial charge in [-0.05, 0) is 46.0 Å². The third-order valence-corrected chi connectivity index (χ3v) is 2.97. The van der Waals surface area contributed by atoms with Gasteiger partial charge in [-0.3, -0.25) is 4.90 Å². The van der Waals surface area contributed by atoms with Gasteiger partial charge in [0, 0.05) is 19.6 Å². The molecule has 1 aliphatic rings. The Morgan fingerprint density at radius 3 is 2.60 bits per heavy atom. The van der Waals surface area contributed by atoms with Crippen molar-refractivity contribution in [2.75, 3.05) is 39.8 Å². The van der Waals surface area contributed by atoms with Crippen LogP contribution in [0.3, 0.4) is 0 Å². The molecule has 1 heterocycles. The van der Waals surface area contributed by atoms with Crippen LogP contribution in [0.1, 0.15) is 20.3 Å². The Morgan fingerprint density at radius 1 is 1.13 bits per heavy atom. The Balaban J connectivity index is 2.43. The normalized spacial score (nSPS) is 22.2. The number of rotatable bonds is 3. The lowest BCUT2D eigenvalue weighted by molar-refractivity contribution is 0.296. The van der Waals surface area contributed by atoms with Crippen molar-refractivity contribution in [2.45, 2.75) is 20.3 Å². The molecular weight excluding hydrogens is 184 g/mol. The predicted octanol–water partition coefficient (Wildman–Crippen LogP) is 2.15. The highest BCUT2D eigenvalue weighted by molar-refractivity contribution is 5.19. The van der Waals surface area contributed by atoms with Gasteiger partial charge in [0.1, 0.15) is 0 Å². The fourth-order valence-electron chi connectivity index (χ4n) is 1.97. The average molecular weight is 208 g/mol. The van der Waals surface area contributed by atoms with Crippen molar-refractivity contribution in [3.05, 3.63) is 23.8 Å². The highest BCUT2D eigenvalue weighted by atomic mass is 15.2. The van der Waals surface area contributed by atoms with Crippen LogP contribution in [0, 0.1) is 0 Å². The van der Waals surface area contributed by atoms with Crippen molar-refractivity contribution < 1.29 is 0 Å². The SMILES string of the molecule is CC=CC(=CC)CN1CCCN(C)CC1. The summed E-state index contributed by atoms with van der Waals surface area (Å²) in [6.07, 6.45) is 7.85. The minimum Gasteiger partial charge on any atom is -0.305 e. The summed E-state index contributed by atoms with van der Waals surface area (Å²) in [5.41, 5.74) is 1.43. The summed E-state index contributed by atoms with van der Waals surface area (Å²) in [7, 11) is 2.21. The topological polar surface area (TPSA) is 6.48 Å². The van der Waals surface area contributed by atoms with E-state index in [1.807, 2.05) is 0 Å². The lowest BCUT2D eigenvalue weighted by Gasteiger charge is -2.20. The smallest absolute Gasteiger partial charge is 0.0230 e. The first-order valence-corrected chi connectivity index (χ1v) is 5.95. The molecule has 1 fully saturated rings. The molecule has 0 aromatic rings. The molecule has 1 saturated heterocycles. The second-order valence-corrected chi connectivity index (χ2v) is 4.30. The van der Waals surface area contributed by atoms with Gasteiger partial charge in [0.15, 0.2) is 0 Å². The van der Waals surface area contributed by atoms with Gasteiger partial charge in [0.05, 0.1) is 0 Å². The molecule has 0 spiro atoms. The van der Waals surface area contributed by atoms with Crippen molar-refractivity contribution in [1.29, 1.82) is 0 Å². The molecule has 1 rings (SSSR count). The van der Waals surface area contributed by atoms with Crippen molar-refractivity contribution in [1.82, 2.24) is 9.80 Å². The zero-order chi connectivity index (χ0) is 11.1. The highest BCUT2D eigenvalue weighted by Gasteiger charge is 2.11. The second kappa shape index (κ2) is 6.81. The molecule has 0 aromatic heterocycles. The van der Waals surface area contributed by atoms with E-state index in [1.54, 1.807) is 0 Å². The molecule has 2 heteroatoms. The second-order valence-electron chi connectivity index (χ2n) is 4.30. The van der Waals surface area contributed by atoms with Gasteiger partial charge in [-0.25, -0.2) is 0 Å². The zero-order valence-electron chi connectivity index (χ0n) is 10.4. The summed E-state index contributed by atoms with van der Waals surface area (Å²) in [6, 6.07) is 0. The van der Waals surface area contributed by atoms with Crippen LogP contribution in [-0.4, -0.2) is 49.6 Å². The summed E-state index contributed by atoms with van der Waals surface area (Å²) in [5, 5.41) is 0. The van der Waals surface area contributed by atoms with Crippen LogP contribution in [0.5, 0.6) is 0 Å². The molecule has 0 amide bonds. The molecule has 15 heavy (non-hydrogen) atoms. The van der Waals surface area contributed by atoms with Crippen LogP contribution in [0.25, 0.3) is 0 Å². The van der Waals surface area contributed by atoms with Crippen LogP contribution in [-0.2, 0) is 0 Å². The van der Waals surface area contributed by atoms with Gasteiger partial charge in [0.2, 0.25) is 0 Å². The average Bonchev–Trinajstić information content (AvgIpc) is 2.43. The maximum absolute atomic E-state index is 2.55. The van der Waals surface area contributed by atoms with Gasteiger partial charge in [-0.15, -0.1) is 0 Å². The molecule has 0 unspecified atom stereocenters. The first-order valence-electron chi connectivity index (χ1n) is 5.95. The third kappa shape index (κ3) is 4.63. The predicted molar refractivity (Wildman–Crippen MR) is 67.1 cm³/mol. The summed E-state index contributed by atoms with van der Waals surface area (Å²) < 4.78 is 0. The summed E-state index contributed by atoms with van der Waals surface area (Å²) in [4.78, 5) is 4.98. The van der Waals surface area contributed by atoms with Crippen LogP contribution in [0.15, 0.2) is 23.8 Å². The fourth-order valence-corrected chi connectivity index (χ4v) is 1.97.